The highest BCUT2D eigenvalue weighted by Crippen LogP contribution is 2.40. The Morgan fingerprint density at radius 1 is 1.11 bits per heavy atom. The molecule has 4 heteroatoms. The van der Waals surface area contributed by atoms with Crippen molar-refractivity contribution in [1.29, 1.82) is 0 Å². The van der Waals surface area contributed by atoms with Crippen LogP contribution in [-0.4, -0.2) is 16.2 Å². The topological polar surface area (TPSA) is 66.8 Å². The summed E-state index contributed by atoms with van der Waals surface area (Å²) < 4.78 is 5.49. The van der Waals surface area contributed by atoms with E-state index in [-0.39, 0.29) is 23.4 Å². The van der Waals surface area contributed by atoms with E-state index in [4.69, 9.17) is 4.74 Å². The van der Waals surface area contributed by atoms with Gasteiger partial charge >= 0.3 is 5.97 Å². The monoisotopic (exact) mass is 364 g/mol. The molecule has 0 aliphatic carbocycles. The van der Waals surface area contributed by atoms with Gasteiger partial charge in [-0.1, -0.05) is 42.8 Å². The first-order valence-electron chi connectivity index (χ1n) is 9.02. The van der Waals surface area contributed by atoms with Gasteiger partial charge in [0.25, 0.3) is 0 Å². The molecule has 140 valence electrons. The molecule has 0 amide bonds. The summed E-state index contributed by atoms with van der Waals surface area (Å²) in [5.41, 5.74) is 3.62. The molecular weight excluding hydrogens is 340 g/mol. The number of allylic oxidation sites excluding steroid dienone is 3. The summed E-state index contributed by atoms with van der Waals surface area (Å²) in [7, 11) is 0. The number of hydrogen-bond acceptors (Lipinski definition) is 4. The zero-order valence-corrected chi connectivity index (χ0v) is 15.8. The van der Waals surface area contributed by atoms with Crippen LogP contribution in [0.2, 0.25) is 0 Å². The van der Waals surface area contributed by atoms with Crippen molar-refractivity contribution in [3.8, 4) is 11.5 Å². The lowest BCUT2D eigenvalue weighted by Crippen LogP contribution is -2.11. The van der Waals surface area contributed by atoms with Crippen LogP contribution in [0.1, 0.15) is 43.4 Å². The molecule has 0 aromatic heterocycles. The van der Waals surface area contributed by atoms with E-state index in [1.807, 2.05) is 39.0 Å². The zero-order valence-electron chi connectivity index (χ0n) is 15.8. The van der Waals surface area contributed by atoms with E-state index >= 15 is 0 Å². The van der Waals surface area contributed by atoms with Crippen molar-refractivity contribution in [2.45, 2.75) is 33.1 Å². The minimum atomic E-state index is -0.447. The van der Waals surface area contributed by atoms with Gasteiger partial charge in [-0.25, -0.2) is 0 Å². The van der Waals surface area contributed by atoms with E-state index in [1.54, 1.807) is 30.3 Å². The smallest absolute Gasteiger partial charge is 0.319 e. The molecule has 2 atom stereocenters. The van der Waals surface area contributed by atoms with E-state index in [9.17, 15) is 15.0 Å². The van der Waals surface area contributed by atoms with Gasteiger partial charge in [-0.05, 0) is 61.2 Å². The summed E-state index contributed by atoms with van der Waals surface area (Å²) in [6, 6.07) is 12.1. The number of ether oxygens (including phenoxy) is 1. The molecule has 0 bridgehead atoms. The quantitative estimate of drug-likeness (QED) is 0.597. The highest BCUT2D eigenvalue weighted by atomic mass is 16.5. The van der Waals surface area contributed by atoms with Crippen LogP contribution in [0.25, 0.3) is 6.08 Å². The Labute approximate surface area is 159 Å². The lowest BCUT2D eigenvalue weighted by molar-refractivity contribution is -0.136. The number of rotatable bonds is 4. The third-order valence-electron chi connectivity index (χ3n) is 4.82. The van der Waals surface area contributed by atoms with Crippen LogP contribution in [0.15, 0.2) is 59.9 Å². The predicted octanol–water partition coefficient (Wildman–Crippen LogP) is 4.92. The van der Waals surface area contributed by atoms with Gasteiger partial charge in [0, 0.05) is 5.92 Å². The molecule has 2 unspecified atom stereocenters. The van der Waals surface area contributed by atoms with Crippen molar-refractivity contribution in [2.24, 2.45) is 5.92 Å². The van der Waals surface area contributed by atoms with Crippen molar-refractivity contribution >= 4 is 12.0 Å². The van der Waals surface area contributed by atoms with Crippen molar-refractivity contribution < 1.29 is 19.7 Å². The SMILES string of the molecule is CC(C)=CCc1ccc(C2C(=O)OC(=Cc3ccc(O)cc3)C2C)cc1O. The summed E-state index contributed by atoms with van der Waals surface area (Å²) in [5.74, 6) is 0.0648. The Hall–Kier alpha value is -3.01. The molecule has 2 aromatic carbocycles. The number of esters is 1. The normalized spacial score (nSPS) is 20.6. The van der Waals surface area contributed by atoms with Gasteiger partial charge in [0.1, 0.15) is 17.3 Å². The maximum atomic E-state index is 12.5. The fourth-order valence-electron chi connectivity index (χ4n) is 3.22. The van der Waals surface area contributed by atoms with Crippen LogP contribution >= 0.6 is 0 Å². The minimum Gasteiger partial charge on any atom is -0.508 e. The van der Waals surface area contributed by atoms with E-state index in [2.05, 4.69) is 6.08 Å². The molecule has 2 aromatic rings. The molecule has 27 heavy (non-hydrogen) atoms. The Kier molecular flexibility index (Phi) is 5.36. The first kappa shape index (κ1) is 18.8. The van der Waals surface area contributed by atoms with Crippen LogP contribution in [-0.2, 0) is 16.0 Å². The molecule has 3 rings (SSSR count). The van der Waals surface area contributed by atoms with E-state index in [0.29, 0.717) is 12.2 Å². The van der Waals surface area contributed by atoms with Gasteiger partial charge in [0.2, 0.25) is 0 Å². The van der Waals surface area contributed by atoms with Crippen LogP contribution < -0.4 is 0 Å². The third-order valence-corrected chi connectivity index (χ3v) is 4.82. The Morgan fingerprint density at radius 3 is 2.44 bits per heavy atom. The maximum Gasteiger partial charge on any atom is 0.319 e. The van der Waals surface area contributed by atoms with E-state index < -0.39 is 5.92 Å². The number of phenols is 2. The molecule has 1 fully saturated rings. The first-order chi connectivity index (χ1) is 12.8. The average molecular weight is 364 g/mol. The lowest BCUT2D eigenvalue weighted by Gasteiger charge is -2.13. The average Bonchev–Trinajstić information content (AvgIpc) is 2.89. The van der Waals surface area contributed by atoms with Crippen molar-refractivity contribution in [3.63, 3.8) is 0 Å². The number of aromatic hydroxyl groups is 2. The molecule has 1 aliphatic rings. The second kappa shape index (κ2) is 7.70. The largest absolute Gasteiger partial charge is 0.508 e. The molecule has 1 heterocycles. The Morgan fingerprint density at radius 2 is 1.81 bits per heavy atom. The van der Waals surface area contributed by atoms with E-state index in [0.717, 1.165) is 16.7 Å². The Balaban J connectivity index is 1.84. The van der Waals surface area contributed by atoms with Gasteiger partial charge in [-0.2, -0.15) is 0 Å². The van der Waals surface area contributed by atoms with Crippen LogP contribution in [0, 0.1) is 5.92 Å². The van der Waals surface area contributed by atoms with Crippen molar-refractivity contribution in [2.75, 3.05) is 0 Å². The standard InChI is InChI=1S/C23H24O4/c1-14(2)4-7-17-8-9-18(13-20(17)25)22-15(3)21(27-23(22)26)12-16-5-10-19(24)11-6-16/h4-6,8-13,15,22,24-25H,7H2,1-3H3. The van der Waals surface area contributed by atoms with Crippen LogP contribution in [0.4, 0.5) is 0 Å². The zero-order chi connectivity index (χ0) is 19.6. The van der Waals surface area contributed by atoms with Crippen molar-refractivity contribution in [1.82, 2.24) is 0 Å². The number of carbonyl (C=O) groups excluding carboxylic acids is 1. The van der Waals surface area contributed by atoms with Crippen molar-refractivity contribution in [3.05, 3.63) is 76.6 Å². The number of carbonyl (C=O) groups is 1. The van der Waals surface area contributed by atoms with E-state index in [1.165, 1.54) is 5.57 Å². The predicted molar refractivity (Wildman–Crippen MR) is 105 cm³/mol. The molecule has 4 nitrogen and oxygen atoms in total. The van der Waals surface area contributed by atoms with Crippen LogP contribution in [0.3, 0.4) is 0 Å². The fourth-order valence-corrected chi connectivity index (χ4v) is 3.22. The lowest BCUT2D eigenvalue weighted by atomic mass is 9.87. The number of cyclic esters (lactones) is 1. The maximum absolute atomic E-state index is 12.5. The first-order valence-corrected chi connectivity index (χ1v) is 9.02. The highest BCUT2D eigenvalue weighted by Gasteiger charge is 2.39. The van der Waals surface area contributed by atoms with Gasteiger partial charge in [-0.15, -0.1) is 0 Å². The summed E-state index contributed by atoms with van der Waals surface area (Å²) in [5, 5.41) is 19.7. The molecule has 0 radical (unpaired) electrons. The van der Waals surface area contributed by atoms with Gasteiger partial charge < -0.3 is 14.9 Å². The minimum absolute atomic E-state index is 0.144. The molecule has 1 saturated heterocycles. The number of hydrogen-bond donors (Lipinski definition) is 2. The summed E-state index contributed by atoms with van der Waals surface area (Å²) in [6.45, 7) is 5.98. The van der Waals surface area contributed by atoms with Crippen LogP contribution in [0.5, 0.6) is 11.5 Å². The highest BCUT2D eigenvalue weighted by molar-refractivity contribution is 5.84. The molecule has 0 saturated carbocycles. The van der Waals surface area contributed by atoms with Gasteiger partial charge in [-0.3, -0.25) is 4.79 Å². The summed E-state index contributed by atoms with van der Waals surface area (Å²) in [4.78, 5) is 12.5. The second-order valence-electron chi connectivity index (χ2n) is 7.20. The van der Waals surface area contributed by atoms with Gasteiger partial charge in [0.05, 0.1) is 5.92 Å². The molecule has 0 spiro atoms. The number of phenolic OH excluding ortho intramolecular Hbond substituents is 2. The Bertz CT molecular complexity index is 902. The van der Waals surface area contributed by atoms with Gasteiger partial charge in [0.15, 0.2) is 0 Å². The number of benzene rings is 2. The second-order valence-corrected chi connectivity index (χ2v) is 7.20. The third kappa shape index (κ3) is 4.22. The fraction of sp³-hybridized carbons (Fsp3) is 0.261. The molecule has 1 aliphatic heterocycles. The summed E-state index contributed by atoms with van der Waals surface area (Å²) in [6.07, 6.45) is 4.52. The molecule has 2 N–H and O–H groups in total. The molecular formula is C23H24O4. The summed E-state index contributed by atoms with van der Waals surface area (Å²) >= 11 is 0.